The highest BCUT2D eigenvalue weighted by Gasteiger charge is 2.25. The van der Waals surface area contributed by atoms with Gasteiger partial charge in [-0.1, -0.05) is 19.9 Å². The minimum Gasteiger partial charge on any atom is -0.493 e. The molecular formula is C15H23NO2. The summed E-state index contributed by atoms with van der Waals surface area (Å²) in [6, 6.07) is 4.60. The quantitative estimate of drug-likeness (QED) is 0.893. The van der Waals surface area contributed by atoms with Gasteiger partial charge < -0.3 is 14.8 Å². The van der Waals surface area contributed by atoms with Gasteiger partial charge >= 0.3 is 0 Å². The summed E-state index contributed by atoms with van der Waals surface area (Å²) in [5.74, 6) is 2.31. The minimum absolute atomic E-state index is 0.405. The zero-order chi connectivity index (χ0) is 13.1. The highest BCUT2D eigenvalue weighted by Crippen LogP contribution is 2.39. The minimum atomic E-state index is 0.405. The van der Waals surface area contributed by atoms with Gasteiger partial charge in [0, 0.05) is 11.6 Å². The van der Waals surface area contributed by atoms with Crippen molar-refractivity contribution in [1.29, 1.82) is 0 Å². The predicted octanol–water partition coefficient (Wildman–Crippen LogP) is 2.94. The number of ether oxygens (including phenoxy) is 2. The van der Waals surface area contributed by atoms with Crippen molar-refractivity contribution in [2.75, 3.05) is 20.8 Å². The van der Waals surface area contributed by atoms with E-state index in [-0.39, 0.29) is 0 Å². The van der Waals surface area contributed by atoms with Crippen molar-refractivity contribution >= 4 is 0 Å². The summed E-state index contributed by atoms with van der Waals surface area (Å²) >= 11 is 0. The maximum atomic E-state index is 5.57. The average molecular weight is 249 g/mol. The third-order valence-electron chi connectivity index (χ3n) is 3.65. The summed E-state index contributed by atoms with van der Waals surface area (Å²) in [6.07, 6.45) is 2.19. The first-order chi connectivity index (χ1) is 8.69. The average Bonchev–Trinajstić information content (AvgIpc) is 2.59. The standard InChI is InChI=1S/C15H23NO2/c1-10(2)14-11-7-8-13(17-3)15(18-4)12(11)6-5-9-16-14/h7-8,10,14,16H,5-6,9H2,1-4H3/t14-/m0/s1. The van der Waals surface area contributed by atoms with Crippen molar-refractivity contribution in [3.05, 3.63) is 23.3 Å². The van der Waals surface area contributed by atoms with Gasteiger partial charge in [0.15, 0.2) is 11.5 Å². The first kappa shape index (κ1) is 13.2. The molecule has 18 heavy (non-hydrogen) atoms. The second kappa shape index (κ2) is 5.61. The van der Waals surface area contributed by atoms with Crippen molar-refractivity contribution in [3.8, 4) is 11.5 Å². The molecule has 1 atom stereocenters. The molecule has 2 rings (SSSR count). The van der Waals surface area contributed by atoms with Crippen molar-refractivity contribution in [2.45, 2.75) is 32.7 Å². The van der Waals surface area contributed by atoms with E-state index in [1.165, 1.54) is 11.1 Å². The molecule has 3 heteroatoms. The van der Waals surface area contributed by atoms with Crippen LogP contribution in [0.2, 0.25) is 0 Å². The first-order valence-electron chi connectivity index (χ1n) is 6.66. The molecule has 0 amide bonds. The van der Waals surface area contributed by atoms with Crippen LogP contribution in [-0.4, -0.2) is 20.8 Å². The number of hydrogen-bond acceptors (Lipinski definition) is 3. The van der Waals surface area contributed by atoms with Crippen LogP contribution < -0.4 is 14.8 Å². The van der Waals surface area contributed by atoms with Gasteiger partial charge in [0.25, 0.3) is 0 Å². The van der Waals surface area contributed by atoms with Crippen molar-refractivity contribution < 1.29 is 9.47 Å². The van der Waals surface area contributed by atoms with Gasteiger partial charge in [-0.3, -0.25) is 0 Å². The lowest BCUT2D eigenvalue weighted by Gasteiger charge is -2.24. The fourth-order valence-corrected chi connectivity index (χ4v) is 2.78. The molecule has 0 unspecified atom stereocenters. The molecule has 1 N–H and O–H groups in total. The van der Waals surface area contributed by atoms with Crippen molar-refractivity contribution in [2.24, 2.45) is 5.92 Å². The van der Waals surface area contributed by atoms with E-state index in [4.69, 9.17) is 9.47 Å². The van der Waals surface area contributed by atoms with Gasteiger partial charge in [-0.25, -0.2) is 0 Å². The Bertz CT molecular complexity index is 415. The van der Waals surface area contributed by atoms with Crippen LogP contribution in [0.4, 0.5) is 0 Å². The predicted molar refractivity (Wildman–Crippen MR) is 73.4 cm³/mol. The van der Waals surface area contributed by atoms with Crippen LogP contribution in [0.3, 0.4) is 0 Å². The van der Waals surface area contributed by atoms with Crippen LogP contribution in [0.1, 0.15) is 37.4 Å². The Hall–Kier alpha value is -1.22. The molecule has 1 aliphatic heterocycles. The van der Waals surface area contributed by atoms with Gasteiger partial charge in [-0.15, -0.1) is 0 Å². The zero-order valence-corrected chi connectivity index (χ0v) is 11.7. The normalized spacial score (nSPS) is 19.3. The molecule has 1 aromatic carbocycles. The number of nitrogens with one attached hydrogen (secondary N) is 1. The molecule has 1 heterocycles. The highest BCUT2D eigenvalue weighted by molar-refractivity contribution is 5.52. The smallest absolute Gasteiger partial charge is 0.164 e. The second-order valence-electron chi connectivity index (χ2n) is 5.15. The van der Waals surface area contributed by atoms with Gasteiger partial charge in [-0.2, -0.15) is 0 Å². The van der Waals surface area contributed by atoms with E-state index >= 15 is 0 Å². The van der Waals surface area contributed by atoms with E-state index < -0.39 is 0 Å². The van der Waals surface area contributed by atoms with E-state index in [0.29, 0.717) is 12.0 Å². The Morgan fingerprint density at radius 3 is 2.61 bits per heavy atom. The lowest BCUT2D eigenvalue weighted by Crippen LogP contribution is -2.25. The fraction of sp³-hybridized carbons (Fsp3) is 0.600. The van der Waals surface area contributed by atoms with Crippen molar-refractivity contribution in [3.63, 3.8) is 0 Å². The number of benzene rings is 1. The molecule has 100 valence electrons. The maximum absolute atomic E-state index is 5.57. The topological polar surface area (TPSA) is 30.5 Å². The van der Waals surface area contributed by atoms with E-state index in [2.05, 4.69) is 25.2 Å². The third-order valence-corrected chi connectivity index (χ3v) is 3.65. The van der Waals surface area contributed by atoms with Crippen LogP contribution in [0, 0.1) is 5.92 Å². The summed E-state index contributed by atoms with van der Waals surface area (Å²) in [6.45, 7) is 5.57. The lowest BCUT2D eigenvalue weighted by molar-refractivity contribution is 0.350. The molecule has 0 spiro atoms. The van der Waals surface area contributed by atoms with Crippen LogP contribution in [0.15, 0.2) is 12.1 Å². The number of methoxy groups -OCH3 is 2. The fourth-order valence-electron chi connectivity index (χ4n) is 2.78. The van der Waals surface area contributed by atoms with E-state index in [9.17, 15) is 0 Å². The SMILES string of the molecule is COc1ccc2c(c1OC)CCCN[C@H]2C(C)C. The molecule has 0 aliphatic carbocycles. The maximum Gasteiger partial charge on any atom is 0.164 e. The van der Waals surface area contributed by atoms with E-state index in [1.54, 1.807) is 14.2 Å². The van der Waals surface area contributed by atoms with E-state index in [0.717, 1.165) is 30.9 Å². The summed E-state index contributed by atoms with van der Waals surface area (Å²) in [7, 11) is 3.42. The van der Waals surface area contributed by atoms with Crippen LogP contribution in [0.25, 0.3) is 0 Å². The van der Waals surface area contributed by atoms with Gasteiger partial charge in [0.05, 0.1) is 14.2 Å². The number of hydrogen-bond donors (Lipinski definition) is 1. The lowest BCUT2D eigenvalue weighted by atomic mass is 9.91. The molecule has 1 aromatic rings. The molecule has 0 aromatic heterocycles. The molecule has 0 fully saturated rings. The summed E-state index contributed by atoms with van der Waals surface area (Å²) < 4.78 is 11.0. The Morgan fingerprint density at radius 2 is 2.00 bits per heavy atom. The molecule has 3 nitrogen and oxygen atoms in total. The molecule has 0 radical (unpaired) electrons. The molecule has 0 bridgehead atoms. The number of rotatable bonds is 3. The van der Waals surface area contributed by atoms with Gasteiger partial charge in [-0.05, 0) is 36.9 Å². The Kier molecular flexibility index (Phi) is 4.12. The van der Waals surface area contributed by atoms with Crippen molar-refractivity contribution in [1.82, 2.24) is 5.32 Å². The summed E-state index contributed by atoms with van der Waals surface area (Å²) in [5, 5.41) is 3.63. The Labute approximate surface area is 109 Å². The van der Waals surface area contributed by atoms with Crippen LogP contribution in [-0.2, 0) is 6.42 Å². The van der Waals surface area contributed by atoms with Gasteiger partial charge in [0.1, 0.15) is 0 Å². The van der Waals surface area contributed by atoms with E-state index in [1.807, 2.05) is 6.07 Å². The third kappa shape index (κ3) is 2.32. The summed E-state index contributed by atoms with van der Waals surface area (Å²) in [4.78, 5) is 0. The number of fused-ring (bicyclic) bond motifs is 1. The zero-order valence-electron chi connectivity index (χ0n) is 11.7. The Balaban J connectivity index is 2.53. The second-order valence-corrected chi connectivity index (χ2v) is 5.15. The van der Waals surface area contributed by atoms with Crippen LogP contribution in [0.5, 0.6) is 11.5 Å². The van der Waals surface area contributed by atoms with Gasteiger partial charge in [0.2, 0.25) is 0 Å². The largest absolute Gasteiger partial charge is 0.493 e. The molecule has 0 saturated carbocycles. The Morgan fingerprint density at radius 1 is 1.22 bits per heavy atom. The monoisotopic (exact) mass is 249 g/mol. The molecule has 0 saturated heterocycles. The summed E-state index contributed by atoms with van der Waals surface area (Å²) in [5.41, 5.74) is 2.67. The van der Waals surface area contributed by atoms with Crippen LogP contribution >= 0.6 is 0 Å². The molecular weight excluding hydrogens is 226 g/mol. The molecule has 1 aliphatic rings. The first-order valence-corrected chi connectivity index (χ1v) is 6.66. The highest BCUT2D eigenvalue weighted by atomic mass is 16.5.